The van der Waals surface area contributed by atoms with Crippen molar-refractivity contribution in [3.05, 3.63) is 0 Å². The Kier molecular flexibility index (Phi) is 3.84. The molecule has 14 heavy (non-hydrogen) atoms. The molecule has 0 saturated carbocycles. The van der Waals surface area contributed by atoms with Crippen LogP contribution in [0.1, 0.15) is 6.92 Å². The lowest BCUT2D eigenvalue weighted by Crippen LogP contribution is -2.46. The molecule has 4 N–H and O–H groups in total. The van der Waals surface area contributed by atoms with Gasteiger partial charge in [0.15, 0.2) is 0 Å². The summed E-state index contributed by atoms with van der Waals surface area (Å²) in [6, 6.07) is -0.850. The smallest absolute Gasteiger partial charge is 0.318 e. The van der Waals surface area contributed by atoms with Crippen LogP contribution in [0.4, 0.5) is 4.79 Å². The lowest BCUT2D eigenvalue weighted by molar-refractivity contribution is -0.124. The molecular formula is C8H15N3O3. The van der Waals surface area contributed by atoms with Crippen LogP contribution < -0.4 is 16.4 Å². The van der Waals surface area contributed by atoms with E-state index in [0.29, 0.717) is 13.2 Å². The molecule has 0 aromatic carbocycles. The summed E-state index contributed by atoms with van der Waals surface area (Å²) in [5.74, 6) is -0.705. The third-order valence-electron chi connectivity index (χ3n) is 2.13. The predicted molar refractivity (Wildman–Crippen MR) is 49.5 cm³/mol. The van der Waals surface area contributed by atoms with Crippen LogP contribution in [0.3, 0.4) is 0 Å². The quantitative estimate of drug-likeness (QED) is 0.535. The zero-order valence-corrected chi connectivity index (χ0v) is 8.08. The number of urea groups is 1. The molecule has 0 aliphatic carbocycles. The van der Waals surface area contributed by atoms with Crippen molar-refractivity contribution in [2.24, 2.45) is 11.7 Å². The third kappa shape index (κ3) is 2.68. The first-order valence-electron chi connectivity index (χ1n) is 4.56. The summed E-state index contributed by atoms with van der Waals surface area (Å²) in [6.45, 7) is 3.53. The monoisotopic (exact) mass is 201 g/mol. The molecule has 0 spiro atoms. The van der Waals surface area contributed by atoms with Gasteiger partial charge in [0.1, 0.15) is 0 Å². The Hall–Kier alpha value is -1.14. The van der Waals surface area contributed by atoms with Gasteiger partial charge in [0.25, 0.3) is 0 Å². The summed E-state index contributed by atoms with van der Waals surface area (Å²) in [5, 5.41) is 5.16. The highest BCUT2D eigenvalue weighted by atomic mass is 16.5. The van der Waals surface area contributed by atoms with Gasteiger partial charge < -0.3 is 15.8 Å². The van der Waals surface area contributed by atoms with E-state index in [1.807, 2.05) is 6.92 Å². The van der Waals surface area contributed by atoms with Crippen molar-refractivity contribution >= 4 is 11.9 Å². The molecule has 1 aliphatic heterocycles. The summed E-state index contributed by atoms with van der Waals surface area (Å²) in [4.78, 5) is 21.9. The number of rotatable bonds is 3. The highest BCUT2D eigenvalue weighted by Gasteiger charge is 2.33. The molecule has 1 heterocycles. The number of amides is 3. The van der Waals surface area contributed by atoms with Crippen molar-refractivity contribution < 1.29 is 14.3 Å². The molecule has 3 amide bonds. The number of nitrogens with one attached hydrogen (secondary N) is 2. The van der Waals surface area contributed by atoms with Crippen LogP contribution in [-0.2, 0) is 9.53 Å². The van der Waals surface area contributed by atoms with Gasteiger partial charge in [-0.1, -0.05) is 6.92 Å². The molecule has 0 aromatic heterocycles. The molecule has 2 unspecified atom stereocenters. The first-order chi connectivity index (χ1) is 6.65. The molecule has 0 bridgehead atoms. The number of likely N-dealkylation sites (N-methyl/N-ethyl adjacent to an activating group) is 1. The van der Waals surface area contributed by atoms with Crippen molar-refractivity contribution in [2.45, 2.75) is 13.0 Å². The maximum absolute atomic E-state index is 11.4. The fourth-order valence-electron chi connectivity index (χ4n) is 1.49. The van der Waals surface area contributed by atoms with Gasteiger partial charge in [-0.05, 0) is 6.54 Å². The first kappa shape index (κ1) is 10.9. The van der Waals surface area contributed by atoms with E-state index in [9.17, 15) is 9.59 Å². The fourth-order valence-corrected chi connectivity index (χ4v) is 1.49. The maximum atomic E-state index is 11.4. The molecule has 80 valence electrons. The van der Waals surface area contributed by atoms with E-state index in [0.717, 1.165) is 6.54 Å². The Bertz CT molecular complexity index is 232. The Balaban J connectivity index is 2.48. The van der Waals surface area contributed by atoms with Crippen molar-refractivity contribution in [3.63, 3.8) is 0 Å². The van der Waals surface area contributed by atoms with Crippen LogP contribution in [0, 0.1) is 5.92 Å². The summed E-state index contributed by atoms with van der Waals surface area (Å²) in [7, 11) is 0. The van der Waals surface area contributed by atoms with Crippen molar-refractivity contribution in [3.8, 4) is 0 Å². The maximum Gasteiger partial charge on any atom is 0.318 e. The third-order valence-corrected chi connectivity index (χ3v) is 2.13. The molecule has 1 fully saturated rings. The van der Waals surface area contributed by atoms with E-state index in [1.54, 1.807) is 0 Å². The van der Waals surface area contributed by atoms with Gasteiger partial charge in [-0.3, -0.25) is 10.1 Å². The van der Waals surface area contributed by atoms with Gasteiger partial charge in [-0.2, -0.15) is 0 Å². The SMILES string of the molecule is CCNC1COCC1C(=O)NC(N)=O. The number of imide groups is 1. The summed E-state index contributed by atoms with van der Waals surface area (Å²) in [5.41, 5.74) is 4.85. The van der Waals surface area contributed by atoms with E-state index in [4.69, 9.17) is 10.5 Å². The molecule has 0 aromatic rings. The predicted octanol–water partition coefficient (Wildman–Crippen LogP) is -1.19. The Labute approximate surface area is 82.2 Å². The van der Waals surface area contributed by atoms with Gasteiger partial charge >= 0.3 is 6.03 Å². The lowest BCUT2D eigenvalue weighted by Gasteiger charge is -2.16. The molecule has 1 aliphatic rings. The summed E-state index contributed by atoms with van der Waals surface area (Å²) >= 11 is 0. The van der Waals surface area contributed by atoms with E-state index < -0.39 is 6.03 Å². The van der Waals surface area contributed by atoms with Crippen molar-refractivity contribution in [2.75, 3.05) is 19.8 Å². The van der Waals surface area contributed by atoms with E-state index >= 15 is 0 Å². The molecule has 1 rings (SSSR count). The second-order valence-corrected chi connectivity index (χ2v) is 3.16. The Morgan fingerprint density at radius 2 is 2.21 bits per heavy atom. The first-order valence-corrected chi connectivity index (χ1v) is 4.56. The second kappa shape index (κ2) is 4.92. The van der Waals surface area contributed by atoms with Crippen LogP contribution in [-0.4, -0.2) is 37.7 Å². The van der Waals surface area contributed by atoms with Gasteiger partial charge in [0.05, 0.1) is 19.1 Å². The normalized spacial score (nSPS) is 26.1. The second-order valence-electron chi connectivity index (χ2n) is 3.16. The van der Waals surface area contributed by atoms with Crippen LogP contribution in [0.2, 0.25) is 0 Å². The summed E-state index contributed by atoms with van der Waals surface area (Å²) < 4.78 is 5.15. The number of nitrogens with two attached hydrogens (primary N) is 1. The topological polar surface area (TPSA) is 93.4 Å². The van der Waals surface area contributed by atoms with Gasteiger partial charge in [-0.15, -0.1) is 0 Å². The standard InChI is InChI=1S/C8H15N3O3/c1-2-10-6-4-14-3-5(6)7(12)11-8(9)13/h5-6,10H,2-4H2,1H3,(H3,9,11,12,13). The molecule has 0 radical (unpaired) electrons. The molecular weight excluding hydrogens is 186 g/mol. The van der Waals surface area contributed by atoms with E-state index in [2.05, 4.69) is 10.6 Å². The zero-order valence-electron chi connectivity index (χ0n) is 8.08. The van der Waals surface area contributed by atoms with Crippen LogP contribution in [0.25, 0.3) is 0 Å². The minimum Gasteiger partial charge on any atom is -0.379 e. The molecule has 6 nitrogen and oxygen atoms in total. The number of primary amides is 1. The average molecular weight is 201 g/mol. The number of hydrogen-bond donors (Lipinski definition) is 3. The van der Waals surface area contributed by atoms with Gasteiger partial charge in [0.2, 0.25) is 5.91 Å². The van der Waals surface area contributed by atoms with Crippen molar-refractivity contribution in [1.29, 1.82) is 0 Å². The van der Waals surface area contributed by atoms with Crippen LogP contribution in [0.15, 0.2) is 0 Å². The fraction of sp³-hybridized carbons (Fsp3) is 0.750. The van der Waals surface area contributed by atoms with Crippen molar-refractivity contribution in [1.82, 2.24) is 10.6 Å². The van der Waals surface area contributed by atoms with Gasteiger partial charge in [-0.25, -0.2) is 4.79 Å². The van der Waals surface area contributed by atoms with E-state index in [1.165, 1.54) is 0 Å². The molecule has 1 saturated heterocycles. The summed E-state index contributed by atoms with van der Waals surface area (Å²) in [6.07, 6.45) is 0. The number of carbonyl (C=O) groups is 2. The average Bonchev–Trinajstić information content (AvgIpc) is 2.51. The number of ether oxygens (including phenoxy) is 1. The Morgan fingerprint density at radius 1 is 1.50 bits per heavy atom. The highest BCUT2D eigenvalue weighted by molar-refractivity contribution is 5.95. The van der Waals surface area contributed by atoms with Gasteiger partial charge in [0, 0.05) is 6.04 Å². The minimum atomic E-state index is -0.822. The number of hydrogen-bond acceptors (Lipinski definition) is 4. The Morgan fingerprint density at radius 3 is 2.79 bits per heavy atom. The molecule has 2 atom stereocenters. The van der Waals surface area contributed by atoms with Crippen LogP contribution in [0.5, 0.6) is 0 Å². The number of carbonyl (C=O) groups excluding carboxylic acids is 2. The van der Waals surface area contributed by atoms with E-state index in [-0.39, 0.29) is 17.9 Å². The molecule has 6 heteroatoms. The lowest BCUT2D eigenvalue weighted by atomic mass is 10.0. The minimum absolute atomic E-state index is 0.0284. The highest BCUT2D eigenvalue weighted by Crippen LogP contribution is 2.13. The largest absolute Gasteiger partial charge is 0.379 e. The zero-order chi connectivity index (χ0) is 10.6. The van der Waals surface area contributed by atoms with Crippen LogP contribution >= 0.6 is 0 Å².